The summed E-state index contributed by atoms with van der Waals surface area (Å²) in [5, 5.41) is 4.87. The van der Waals surface area contributed by atoms with Crippen LogP contribution in [0.4, 0.5) is 19.0 Å². The molecule has 0 atom stereocenters. The zero-order valence-corrected chi connectivity index (χ0v) is 18.3. The van der Waals surface area contributed by atoms with Gasteiger partial charge in [-0.1, -0.05) is 41.4 Å². The van der Waals surface area contributed by atoms with E-state index in [1.807, 2.05) is 25.1 Å². The summed E-state index contributed by atoms with van der Waals surface area (Å²) in [4.78, 5) is 3.69. The van der Waals surface area contributed by atoms with Crippen LogP contribution in [0.25, 0.3) is 0 Å². The van der Waals surface area contributed by atoms with Crippen LogP contribution in [0.15, 0.2) is 59.8 Å². The molecule has 2 aromatic carbocycles. The number of hydrogen-bond acceptors (Lipinski definition) is 5. The van der Waals surface area contributed by atoms with Gasteiger partial charge in [-0.15, -0.1) is 0 Å². The highest BCUT2D eigenvalue weighted by molar-refractivity contribution is 6.32. The molecule has 0 aliphatic heterocycles. The van der Waals surface area contributed by atoms with E-state index in [4.69, 9.17) is 32.7 Å². The van der Waals surface area contributed by atoms with Crippen LogP contribution in [0.1, 0.15) is 23.6 Å². The zero-order chi connectivity index (χ0) is 23.1. The third-order valence-corrected chi connectivity index (χ3v) is 4.79. The molecule has 3 rings (SSSR count). The lowest BCUT2D eigenvalue weighted by Crippen LogP contribution is -2.05. The van der Waals surface area contributed by atoms with Gasteiger partial charge in [-0.2, -0.15) is 18.3 Å². The molecule has 10 heteroatoms. The number of rotatable bonds is 8. The number of benzene rings is 2. The van der Waals surface area contributed by atoms with E-state index in [9.17, 15) is 13.2 Å². The Morgan fingerprint density at radius 2 is 1.84 bits per heavy atom. The summed E-state index contributed by atoms with van der Waals surface area (Å²) in [6.07, 6.45) is -2.28. The topological polar surface area (TPSA) is 55.7 Å². The number of ether oxygens (including phenoxy) is 2. The Bertz CT molecular complexity index is 1090. The minimum atomic E-state index is -4.45. The van der Waals surface area contributed by atoms with E-state index in [0.29, 0.717) is 33.7 Å². The van der Waals surface area contributed by atoms with Gasteiger partial charge in [-0.3, -0.25) is 5.43 Å². The molecule has 0 unspecified atom stereocenters. The predicted molar refractivity (Wildman–Crippen MR) is 119 cm³/mol. The maximum Gasteiger partial charge on any atom is 0.417 e. The van der Waals surface area contributed by atoms with Crippen LogP contribution in [-0.2, 0) is 12.8 Å². The summed E-state index contributed by atoms with van der Waals surface area (Å²) in [6, 6.07) is 12.7. The highest BCUT2D eigenvalue weighted by Crippen LogP contribution is 2.37. The number of hydrazone groups is 1. The van der Waals surface area contributed by atoms with E-state index in [-0.39, 0.29) is 12.4 Å². The first kappa shape index (κ1) is 23.7. The van der Waals surface area contributed by atoms with Gasteiger partial charge < -0.3 is 9.47 Å². The number of nitrogens with one attached hydrogen (secondary N) is 1. The fourth-order valence-corrected chi connectivity index (χ4v) is 3.10. The van der Waals surface area contributed by atoms with E-state index in [2.05, 4.69) is 15.5 Å². The minimum Gasteiger partial charge on any atom is -0.490 e. The summed E-state index contributed by atoms with van der Waals surface area (Å²) >= 11 is 12.6. The SMILES string of the molecule is CCOc1cc(/C=N\Nc2ccc(C(F)(F)F)cn2)cc(Cl)c1OCc1ccccc1Cl. The number of aromatic nitrogens is 1. The summed E-state index contributed by atoms with van der Waals surface area (Å²) in [7, 11) is 0. The van der Waals surface area contributed by atoms with E-state index in [1.165, 1.54) is 12.3 Å². The van der Waals surface area contributed by atoms with Crippen LogP contribution in [-0.4, -0.2) is 17.8 Å². The summed E-state index contributed by atoms with van der Waals surface area (Å²) in [6.45, 7) is 2.41. The Balaban J connectivity index is 1.72. The monoisotopic (exact) mass is 483 g/mol. The lowest BCUT2D eigenvalue weighted by molar-refractivity contribution is -0.137. The molecule has 1 N–H and O–H groups in total. The van der Waals surface area contributed by atoms with Crippen molar-refractivity contribution in [3.8, 4) is 11.5 Å². The number of nitrogens with zero attached hydrogens (tertiary/aromatic N) is 2. The molecule has 0 aliphatic rings. The van der Waals surface area contributed by atoms with Crippen molar-refractivity contribution in [3.05, 3.63) is 81.5 Å². The standard InChI is InChI=1S/C22H18Cl2F3N3O2/c1-2-31-19-10-14(11-29-30-20-8-7-16(12-28-20)22(25,26)27)9-18(24)21(19)32-13-15-5-3-4-6-17(15)23/h3-12H,2,13H2,1H3,(H,28,30)/b29-11-. The molecule has 0 saturated carbocycles. The fraction of sp³-hybridized carbons (Fsp3) is 0.182. The predicted octanol–water partition coefficient (Wildman–Crippen LogP) is 6.83. The van der Waals surface area contributed by atoms with E-state index in [1.54, 1.807) is 18.2 Å². The largest absolute Gasteiger partial charge is 0.490 e. The first-order chi connectivity index (χ1) is 15.3. The third-order valence-electron chi connectivity index (χ3n) is 4.15. The summed E-state index contributed by atoms with van der Waals surface area (Å²) in [5.74, 6) is 0.939. The highest BCUT2D eigenvalue weighted by Gasteiger charge is 2.30. The molecule has 0 aliphatic carbocycles. The average molecular weight is 484 g/mol. The van der Waals surface area contributed by atoms with Crippen molar-refractivity contribution in [2.24, 2.45) is 5.10 Å². The molecule has 0 fully saturated rings. The lowest BCUT2D eigenvalue weighted by atomic mass is 10.2. The molecule has 5 nitrogen and oxygen atoms in total. The van der Waals surface area contributed by atoms with Gasteiger partial charge in [-0.05, 0) is 42.8 Å². The molecular formula is C22H18Cl2F3N3O2. The maximum absolute atomic E-state index is 12.6. The molecule has 0 bridgehead atoms. The number of alkyl halides is 3. The zero-order valence-electron chi connectivity index (χ0n) is 16.8. The first-order valence-corrected chi connectivity index (χ1v) is 10.2. The average Bonchev–Trinajstić information content (AvgIpc) is 2.74. The van der Waals surface area contributed by atoms with Crippen molar-refractivity contribution in [3.63, 3.8) is 0 Å². The van der Waals surface area contributed by atoms with Crippen molar-refractivity contribution in [2.75, 3.05) is 12.0 Å². The molecule has 0 spiro atoms. The van der Waals surface area contributed by atoms with Crippen molar-refractivity contribution in [1.82, 2.24) is 4.98 Å². The van der Waals surface area contributed by atoms with Crippen LogP contribution in [0, 0.1) is 0 Å². The molecule has 1 heterocycles. The van der Waals surface area contributed by atoms with Crippen LogP contribution >= 0.6 is 23.2 Å². The summed E-state index contributed by atoms with van der Waals surface area (Å²) < 4.78 is 49.3. The van der Waals surface area contributed by atoms with Crippen LogP contribution < -0.4 is 14.9 Å². The van der Waals surface area contributed by atoms with Gasteiger partial charge in [-0.25, -0.2) is 4.98 Å². The van der Waals surface area contributed by atoms with Crippen LogP contribution in [0.5, 0.6) is 11.5 Å². The highest BCUT2D eigenvalue weighted by atomic mass is 35.5. The normalized spacial score (nSPS) is 11.6. The molecular weight excluding hydrogens is 466 g/mol. The molecule has 0 amide bonds. The van der Waals surface area contributed by atoms with Crippen LogP contribution in [0.2, 0.25) is 10.0 Å². The maximum atomic E-state index is 12.6. The van der Waals surface area contributed by atoms with Gasteiger partial charge in [0, 0.05) is 16.8 Å². The van der Waals surface area contributed by atoms with Gasteiger partial charge in [0.2, 0.25) is 0 Å². The van der Waals surface area contributed by atoms with Gasteiger partial charge in [0.25, 0.3) is 0 Å². The molecule has 1 aromatic heterocycles. The second kappa shape index (κ2) is 10.6. The summed E-state index contributed by atoms with van der Waals surface area (Å²) in [5.41, 5.74) is 3.11. The van der Waals surface area contributed by atoms with Crippen molar-refractivity contribution >= 4 is 35.2 Å². The second-order valence-corrected chi connectivity index (χ2v) is 7.26. The smallest absolute Gasteiger partial charge is 0.417 e. The number of hydrogen-bond donors (Lipinski definition) is 1. The van der Waals surface area contributed by atoms with Crippen molar-refractivity contribution in [1.29, 1.82) is 0 Å². The quantitative estimate of drug-likeness (QED) is 0.281. The molecule has 32 heavy (non-hydrogen) atoms. The van der Waals surface area contributed by atoms with Gasteiger partial charge in [0.05, 0.1) is 23.4 Å². The van der Waals surface area contributed by atoms with Gasteiger partial charge in [0.1, 0.15) is 12.4 Å². The van der Waals surface area contributed by atoms with Gasteiger partial charge in [0.15, 0.2) is 11.5 Å². The third kappa shape index (κ3) is 6.27. The van der Waals surface area contributed by atoms with Crippen molar-refractivity contribution < 1.29 is 22.6 Å². The molecule has 168 valence electrons. The second-order valence-electron chi connectivity index (χ2n) is 6.44. The Labute approximate surface area is 192 Å². The molecule has 0 radical (unpaired) electrons. The Kier molecular flexibility index (Phi) is 7.82. The number of anilines is 1. The lowest BCUT2D eigenvalue weighted by Gasteiger charge is -2.15. The fourth-order valence-electron chi connectivity index (χ4n) is 2.63. The van der Waals surface area contributed by atoms with Gasteiger partial charge >= 0.3 is 6.18 Å². The number of halogens is 5. The molecule has 3 aromatic rings. The Morgan fingerprint density at radius 3 is 2.50 bits per heavy atom. The minimum absolute atomic E-state index is 0.157. The Morgan fingerprint density at radius 1 is 1.06 bits per heavy atom. The number of pyridine rings is 1. The molecule has 0 saturated heterocycles. The first-order valence-electron chi connectivity index (χ1n) is 9.42. The van der Waals surface area contributed by atoms with Crippen LogP contribution in [0.3, 0.4) is 0 Å². The van der Waals surface area contributed by atoms with E-state index in [0.717, 1.165) is 17.8 Å². The van der Waals surface area contributed by atoms with Crippen molar-refractivity contribution in [2.45, 2.75) is 19.7 Å². The Hall–Kier alpha value is -2.97. The van der Waals surface area contributed by atoms with E-state index >= 15 is 0 Å². The van der Waals surface area contributed by atoms with E-state index < -0.39 is 11.7 Å².